The molecule has 31 heavy (non-hydrogen) atoms. The summed E-state index contributed by atoms with van der Waals surface area (Å²) >= 11 is 0. The van der Waals surface area contributed by atoms with E-state index in [1.807, 2.05) is 30.3 Å². The fourth-order valence-electron chi connectivity index (χ4n) is 4.63. The summed E-state index contributed by atoms with van der Waals surface area (Å²) in [4.78, 5) is 54.4. The normalized spacial score (nSPS) is 22.4. The Hall–Kier alpha value is -3.81. The van der Waals surface area contributed by atoms with E-state index < -0.39 is 17.9 Å². The minimum absolute atomic E-state index is 0.247. The second-order valence-corrected chi connectivity index (χ2v) is 7.59. The number of anilines is 1. The Labute approximate surface area is 178 Å². The van der Waals surface area contributed by atoms with Crippen molar-refractivity contribution in [2.75, 3.05) is 18.1 Å². The van der Waals surface area contributed by atoms with E-state index in [1.54, 1.807) is 37.1 Å². The number of fused-ring (bicyclic) bond motifs is 2. The van der Waals surface area contributed by atoms with Crippen LogP contribution in [0.15, 0.2) is 53.6 Å². The molecular formula is C23H20N4O4. The minimum atomic E-state index is -0.835. The molecule has 4 amide bonds. The first-order valence-corrected chi connectivity index (χ1v) is 10.3. The van der Waals surface area contributed by atoms with Crippen molar-refractivity contribution in [3.05, 3.63) is 65.2 Å². The summed E-state index contributed by atoms with van der Waals surface area (Å²) in [6.07, 6.45) is 0. The van der Waals surface area contributed by atoms with Gasteiger partial charge >= 0.3 is 0 Å². The van der Waals surface area contributed by atoms with Crippen molar-refractivity contribution in [1.82, 2.24) is 9.80 Å². The van der Waals surface area contributed by atoms with Crippen LogP contribution in [0.1, 0.15) is 40.1 Å². The van der Waals surface area contributed by atoms with Crippen molar-refractivity contribution in [2.45, 2.75) is 19.9 Å². The predicted octanol–water partition coefficient (Wildman–Crippen LogP) is 1.90. The van der Waals surface area contributed by atoms with Gasteiger partial charge in [-0.15, -0.1) is 0 Å². The number of likely N-dealkylation sites (N-methyl/N-ethyl adjacent to an activating group) is 1. The van der Waals surface area contributed by atoms with Crippen molar-refractivity contribution in [3.63, 3.8) is 0 Å². The number of hydrogen-bond donors (Lipinski definition) is 0. The Bertz CT molecular complexity index is 1170. The molecule has 0 spiro atoms. The molecule has 2 unspecified atom stereocenters. The van der Waals surface area contributed by atoms with Gasteiger partial charge in [-0.05, 0) is 32.0 Å². The third kappa shape index (κ3) is 2.51. The maximum absolute atomic E-state index is 13.2. The Kier molecular flexibility index (Phi) is 4.25. The van der Waals surface area contributed by atoms with Crippen molar-refractivity contribution in [3.8, 4) is 0 Å². The molecule has 1 saturated heterocycles. The molecule has 2 aromatic rings. The molecule has 0 radical (unpaired) electrons. The lowest BCUT2D eigenvalue weighted by molar-refractivity contribution is -0.138. The highest BCUT2D eigenvalue weighted by atomic mass is 16.2. The monoisotopic (exact) mass is 416 g/mol. The predicted molar refractivity (Wildman–Crippen MR) is 113 cm³/mol. The van der Waals surface area contributed by atoms with Gasteiger partial charge in [0.05, 0.1) is 22.5 Å². The molecule has 8 nitrogen and oxygen atoms in total. The van der Waals surface area contributed by atoms with E-state index in [2.05, 4.69) is 5.10 Å². The molecule has 0 aromatic heterocycles. The topological polar surface area (TPSA) is 90.4 Å². The number of carbonyl (C=O) groups is 4. The number of likely N-dealkylation sites (tertiary alicyclic amines) is 1. The van der Waals surface area contributed by atoms with Gasteiger partial charge in [-0.1, -0.05) is 30.3 Å². The largest absolute Gasteiger partial charge is 0.280 e. The summed E-state index contributed by atoms with van der Waals surface area (Å²) in [5.41, 5.74) is 2.00. The lowest BCUT2D eigenvalue weighted by atomic mass is 9.89. The number of para-hydroxylation sites is 1. The molecule has 5 rings (SSSR count). The number of carbonyl (C=O) groups excluding carboxylic acids is 4. The maximum Gasteiger partial charge on any atom is 0.262 e. The molecule has 3 heterocycles. The first-order chi connectivity index (χ1) is 15.0. The van der Waals surface area contributed by atoms with Crippen LogP contribution < -0.4 is 5.01 Å². The summed E-state index contributed by atoms with van der Waals surface area (Å²) in [6.45, 7) is 4.00. The summed E-state index contributed by atoms with van der Waals surface area (Å²) in [7, 11) is 0. The number of amides is 4. The molecule has 8 heteroatoms. The molecule has 3 aliphatic rings. The lowest BCUT2D eigenvalue weighted by Crippen LogP contribution is -2.39. The maximum atomic E-state index is 13.2. The van der Waals surface area contributed by atoms with Crippen LogP contribution in [-0.4, -0.2) is 58.3 Å². The molecule has 1 fully saturated rings. The molecule has 3 aliphatic heterocycles. The van der Waals surface area contributed by atoms with E-state index in [4.69, 9.17) is 0 Å². The van der Waals surface area contributed by atoms with E-state index in [0.717, 1.165) is 0 Å². The van der Waals surface area contributed by atoms with Gasteiger partial charge in [0.15, 0.2) is 0 Å². The van der Waals surface area contributed by atoms with E-state index in [-0.39, 0.29) is 36.4 Å². The first kappa shape index (κ1) is 19.2. The highest BCUT2D eigenvalue weighted by Crippen LogP contribution is 2.39. The Balaban J connectivity index is 1.70. The lowest BCUT2D eigenvalue weighted by Gasteiger charge is -2.21. The summed E-state index contributed by atoms with van der Waals surface area (Å²) < 4.78 is 0. The van der Waals surface area contributed by atoms with Crippen LogP contribution in [0.5, 0.6) is 0 Å². The Morgan fingerprint density at radius 3 is 2.13 bits per heavy atom. The number of benzene rings is 2. The molecule has 0 N–H and O–H groups in total. The van der Waals surface area contributed by atoms with Crippen LogP contribution in [0.25, 0.3) is 0 Å². The van der Waals surface area contributed by atoms with Crippen LogP contribution in [0, 0.1) is 5.92 Å². The molecular weight excluding hydrogens is 396 g/mol. The van der Waals surface area contributed by atoms with Gasteiger partial charge in [0.25, 0.3) is 17.7 Å². The van der Waals surface area contributed by atoms with Gasteiger partial charge in [-0.3, -0.25) is 34.0 Å². The average molecular weight is 416 g/mol. The third-order valence-corrected chi connectivity index (χ3v) is 6.07. The molecule has 0 bridgehead atoms. The number of hydrogen-bond acceptors (Lipinski definition) is 6. The van der Waals surface area contributed by atoms with E-state index in [9.17, 15) is 19.2 Å². The van der Waals surface area contributed by atoms with Crippen LogP contribution in [0.3, 0.4) is 0 Å². The highest BCUT2D eigenvalue weighted by Gasteiger charge is 2.57. The summed E-state index contributed by atoms with van der Waals surface area (Å²) in [5.74, 6) is -2.25. The Morgan fingerprint density at radius 1 is 0.774 bits per heavy atom. The number of hydrazone groups is 1. The van der Waals surface area contributed by atoms with Crippen molar-refractivity contribution in [2.24, 2.45) is 11.0 Å². The number of imide groups is 2. The van der Waals surface area contributed by atoms with Crippen LogP contribution in [-0.2, 0) is 9.59 Å². The second kappa shape index (κ2) is 6.87. The third-order valence-electron chi connectivity index (χ3n) is 6.07. The smallest absolute Gasteiger partial charge is 0.262 e. The quantitative estimate of drug-likeness (QED) is 0.710. The second-order valence-electron chi connectivity index (χ2n) is 7.59. The average Bonchev–Trinajstić information content (AvgIpc) is 3.38. The van der Waals surface area contributed by atoms with Crippen LogP contribution in [0.2, 0.25) is 0 Å². The van der Waals surface area contributed by atoms with Crippen molar-refractivity contribution < 1.29 is 19.2 Å². The van der Waals surface area contributed by atoms with Crippen LogP contribution in [0.4, 0.5) is 5.69 Å². The number of nitrogens with zero attached hydrogens (tertiary/aromatic N) is 4. The first-order valence-electron chi connectivity index (χ1n) is 10.3. The van der Waals surface area contributed by atoms with Crippen LogP contribution >= 0.6 is 0 Å². The van der Waals surface area contributed by atoms with Gasteiger partial charge in [0.2, 0.25) is 5.91 Å². The van der Waals surface area contributed by atoms with Gasteiger partial charge in [-0.25, -0.2) is 0 Å². The van der Waals surface area contributed by atoms with E-state index in [1.165, 1.54) is 9.80 Å². The van der Waals surface area contributed by atoms with Gasteiger partial charge < -0.3 is 0 Å². The Morgan fingerprint density at radius 2 is 1.45 bits per heavy atom. The number of rotatable bonds is 4. The molecule has 2 atom stereocenters. The van der Waals surface area contributed by atoms with Gasteiger partial charge in [0.1, 0.15) is 12.0 Å². The van der Waals surface area contributed by atoms with E-state index >= 15 is 0 Å². The summed E-state index contributed by atoms with van der Waals surface area (Å²) in [6, 6.07) is 13.3. The minimum Gasteiger partial charge on any atom is -0.280 e. The molecule has 2 aromatic carbocycles. The zero-order valence-corrected chi connectivity index (χ0v) is 17.1. The SMILES string of the molecule is CCN1C(=O)c2cccc(C3=NN(c4ccccc4)C4C(=O)N(CC)C(=O)C34)c2C1=O. The van der Waals surface area contributed by atoms with E-state index in [0.29, 0.717) is 22.5 Å². The molecule has 156 valence electrons. The molecule has 0 aliphatic carbocycles. The zero-order chi connectivity index (χ0) is 21.9. The standard InChI is InChI=1S/C23H20N4O4/c1-3-25-20(28)15-12-8-11-14(16(15)21(25)29)18-17-19(23(31)26(4-2)22(17)30)27(24-18)13-9-6-5-7-10-13/h5-12,17,19H,3-4H2,1-2H3. The fraction of sp³-hybridized carbons (Fsp3) is 0.261. The van der Waals surface area contributed by atoms with Crippen molar-refractivity contribution >= 4 is 35.0 Å². The van der Waals surface area contributed by atoms with Gasteiger partial charge in [0, 0.05) is 18.7 Å². The van der Waals surface area contributed by atoms with Crippen molar-refractivity contribution in [1.29, 1.82) is 0 Å². The summed E-state index contributed by atoms with van der Waals surface area (Å²) in [5, 5.41) is 6.23. The van der Waals surface area contributed by atoms with Gasteiger partial charge in [-0.2, -0.15) is 5.10 Å². The zero-order valence-electron chi connectivity index (χ0n) is 17.1. The fourth-order valence-corrected chi connectivity index (χ4v) is 4.63. The molecule has 0 saturated carbocycles. The highest BCUT2D eigenvalue weighted by molar-refractivity contribution is 6.30.